The van der Waals surface area contributed by atoms with E-state index >= 15 is 0 Å². The highest BCUT2D eigenvalue weighted by Gasteiger charge is 2.11. The van der Waals surface area contributed by atoms with E-state index in [2.05, 4.69) is 52.9 Å². The van der Waals surface area contributed by atoms with Crippen molar-refractivity contribution in [3.8, 4) is 0 Å². The summed E-state index contributed by atoms with van der Waals surface area (Å²) >= 11 is 0. The Morgan fingerprint density at radius 2 is 2.05 bits per heavy atom. The van der Waals surface area contributed by atoms with Crippen LogP contribution in [0.2, 0.25) is 0 Å². The van der Waals surface area contributed by atoms with Crippen molar-refractivity contribution in [3.63, 3.8) is 0 Å². The van der Waals surface area contributed by atoms with E-state index in [9.17, 15) is 0 Å². The van der Waals surface area contributed by atoms with Gasteiger partial charge in [0.25, 0.3) is 0 Å². The molecule has 2 rings (SSSR count). The minimum atomic E-state index is 0.392. The summed E-state index contributed by atoms with van der Waals surface area (Å²) in [5.74, 6) is 0. The second-order valence-electron chi connectivity index (χ2n) is 4.84. The monoisotopic (exact) mass is 258 g/mol. The number of rotatable bonds is 7. The number of nitrogens with zero attached hydrogens (tertiary/aromatic N) is 3. The van der Waals surface area contributed by atoms with Crippen LogP contribution in [0.5, 0.6) is 0 Å². The molecule has 0 amide bonds. The normalized spacial score (nSPS) is 12.5. The van der Waals surface area contributed by atoms with E-state index in [0.717, 1.165) is 31.5 Å². The van der Waals surface area contributed by atoms with Crippen LogP contribution >= 0.6 is 0 Å². The Morgan fingerprint density at radius 1 is 1.26 bits per heavy atom. The lowest BCUT2D eigenvalue weighted by Crippen LogP contribution is -2.22. The van der Waals surface area contributed by atoms with Crippen molar-refractivity contribution in [2.75, 3.05) is 6.54 Å². The maximum Gasteiger partial charge on any atom is 0.0827 e. The van der Waals surface area contributed by atoms with Gasteiger partial charge >= 0.3 is 0 Å². The quantitative estimate of drug-likeness (QED) is 0.829. The molecule has 102 valence electrons. The van der Waals surface area contributed by atoms with Crippen LogP contribution in [-0.4, -0.2) is 21.5 Å². The molecule has 1 aromatic heterocycles. The number of nitrogens with one attached hydrogen (secondary N) is 1. The molecule has 19 heavy (non-hydrogen) atoms. The van der Waals surface area contributed by atoms with Gasteiger partial charge in [-0.05, 0) is 31.4 Å². The van der Waals surface area contributed by atoms with E-state index in [1.54, 1.807) is 4.68 Å². The largest absolute Gasteiger partial charge is 0.310 e. The molecule has 0 saturated heterocycles. The molecule has 4 nitrogen and oxygen atoms in total. The zero-order valence-corrected chi connectivity index (χ0v) is 11.7. The maximum absolute atomic E-state index is 4.15. The molecule has 1 aromatic carbocycles. The SMILES string of the molecule is CCCNC(CCc1cn(C)nn1)c1ccccc1. The molecular formula is C15H22N4. The Kier molecular flexibility index (Phi) is 5.10. The molecule has 2 aromatic rings. The second kappa shape index (κ2) is 7.04. The van der Waals surface area contributed by atoms with Crippen LogP contribution in [-0.2, 0) is 13.5 Å². The third-order valence-electron chi connectivity index (χ3n) is 3.18. The van der Waals surface area contributed by atoms with Gasteiger partial charge in [-0.15, -0.1) is 5.10 Å². The smallest absolute Gasteiger partial charge is 0.0827 e. The highest BCUT2D eigenvalue weighted by molar-refractivity contribution is 5.19. The van der Waals surface area contributed by atoms with Gasteiger partial charge < -0.3 is 5.32 Å². The van der Waals surface area contributed by atoms with Crippen LogP contribution in [0.1, 0.15) is 37.1 Å². The van der Waals surface area contributed by atoms with E-state index in [-0.39, 0.29) is 0 Å². The van der Waals surface area contributed by atoms with E-state index in [1.165, 1.54) is 5.56 Å². The summed E-state index contributed by atoms with van der Waals surface area (Å²) in [6, 6.07) is 11.0. The van der Waals surface area contributed by atoms with Crippen molar-refractivity contribution in [1.82, 2.24) is 20.3 Å². The minimum absolute atomic E-state index is 0.392. The van der Waals surface area contributed by atoms with Crippen molar-refractivity contribution in [2.24, 2.45) is 7.05 Å². The molecule has 0 spiro atoms. The molecule has 0 fully saturated rings. The third kappa shape index (κ3) is 4.17. The summed E-state index contributed by atoms with van der Waals surface area (Å²) < 4.78 is 1.76. The predicted molar refractivity (Wildman–Crippen MR) is 76.8 cm³/mol. The van der Waals surface area contributed by atoms with Crippen LogP contribution in [0.4, 0.5) is 0 Å². The summed E-state index contributed by atoms with van der Waals surface area (Å²) in [4.78, 5) is 0. The zero-order chi connectivity index (χ0) is 13.5. The first-order valence-corrected chi connectivity index (χ1v) is 6.93. The van der Waals surface area contributed by atoms with Crippen LogP contribution in [0.15, 0.2) is 36.5 Å². The summed E-state index contributed by atoms with van der Waals surface area (Å²) in [6.07, 6.45) is 5.13. The van der Waals surface area contributed by atoms with E-state index < -0.39 is 0 Å². The molecule has 0 saturated carbocycles. The molecule has 1 heterocycles. The average Bonchev–Trinajstić information content (AvgIpc) is 2.86. The first-order chi connectivity index (χ1) is 9.29. The van der Waals surface area contributed by atoms with Gasteiger partial charge in [0.15, 0.2) is 0 Å². The maximum atomic E-state index is 4.15. The summed E-state index contributed by atoms with van der Waals surface area (Å²) in [7, 11) is 1.90. The topological polar surface area (TPSA) is 42.7 Å². The van der Waals surface area contributed by atoms with Crippen LogP contribution in [0.3, 0.4) is 0 Å². The number of benzene rings is 1. The minimum Gasteiger partial charge on any atom is -0.310 e. The van der Waals surface area contributed by atoms with Crippen molar-refractivity contribution in [2.45, 2.75) is 32.2 Å². The second-order valence-corrected chi connectivity index (χ2v) is 4.84. The summed E-state index contributed by atoms with van der Waals surface area (Å²) in [5, 5.41) is 11.7. The van der Waals surface area contributed by atoms with Crippen molar-refractivity contribution in [3.05, 3.63) is 47.8 Å². The lowest BCUT2D eigenvalue weighted by molar-refractivity contribution is 0.497. The molecule has 4 heteroatoms. The van der Waals surface area contributed by atoms with Gasteiger partial charge in [0, 0.05) is 19.3 Å². The van der Waals surface area contributed by atoms with E-state index in [4.69, 9.17) is 0 Å². The van der Waals surface area contributed by atoms with Crippen molar-refractivity contribution in [1.29, 1.82) is 0 Å². The lowest BCUT2D eigenvalue weighted by atomic mass is 10.0. The molecule has 0 bridgehead atoms. The van der Waals surface area contributed by atoms with Gasteiger partial charge in [-0.3, -0.25) is 4.68 Å². The Balaban J connectivity index is 1.97. The molecular weight excluding hydrogens is 236 g/mol. The molecule has 1 N–H and O–H groups in total. The Hall–Kier alpha value is -1.68. The van der Waals surface area contributed by atoms with E-state index in [1.807, 2.05) is 13.2 Å². The fourth-order valence-corrected chi connectivity index (χ4v) is 2.19. The third-order valence-corrected chi connectivity index (χ3v) is 3.18. The average molecular weight is 258 g/mol. The number of hydrogen-bond donors (Lipinski definition) is 1. The molecule has 0 radical (unpaired) electrons. The van der Waals surface area contributed by atoms with Gasteiger partial charge in [0.1, 0.15) is 0 Å². The van der Waals surface area contributed by atoms with Crippen LogP contribution < -0.4 is 5.32 Å². The predicted octanol–water partition coefficient (Wildman–Crippen LogP) is 2.49. The molecule has 1 atom stereocenters. The fraction of sp³-hybridized carbons (Fsp3) is 0.467. The van der Waals surface area contributed by atoms with Gasteiger partial charge in [-0.2, -0.15) is 0 Å². The number of hydrogen-bond acceptors (Lipinski definition) is 3. The first-order valence-electron chi connectivity index (χ1n) is 6.93. The molecule has 0 aliphatic rings. The van der Waals surface area contributed by atoms with Crippen LogP contribution in [0.25, 0.3) is 0 Å². The molecule has 0 aliphatic heterocycles. The Morgan fingerprint density at radius 3 is 2.68 bits per heavy atom. The Labute approximate surface area is 114 Å². The summed E-state index contributed by atoms with van der Waals surface area (Å²) in [5.41, 5.74) is 2.40. The standard InChI is InChI=1S/C15H22N4/c1-3-11-16-15(13-7-5-4-6-8-13)10-9-14-12-19(2)18-17-14/h4-8,12,15-16H,3,9-11H2,1-2H3. The van der Waals surface area contributed by atoms with Gasteiger partial charge in [-0.25, -0.2) is 0 Å². The number of aromatic nitrogens is 3. The van der Waals surface area contributed by atoms with Gasteiger partial charge in [-0.1, -0.05) is 42.5 Å². The van der Waals surface area contributed by atoms with Crippen LogP contribution in [0, 0.1) is 0 Å². The van der Waals surface area contributed by atoms with Gasteiger partial charge in [0.2, 0.25) is 0 Å². The molecule has 0 aliphatic carbocycles. The van der Waals surface area contributed by atoms with Gasteiger partial charge in [0.05, 0.1) is 5.69 Å². The lowest BCUT2D eigenvalue weighted by Gasteiger charge is -2.18. The summed E-state index contributed by atoms with van der Waals surface area (Å²) in [6.45, 7) is 3.23. The fourth-order valence-electron chi connectivity index (χ4n) is 2.19. The molecule has 1 unspecified atom stereocenters. The zero-order valence-electron chi connectivity index (χ0n) is 11.7. The van der Waals surface area contributed by atoms with Crippen molar-refractivity contribution < 1.29 is 0 Å². The van der Waals surface area contributed by atoms with E-state index in [0.29, 0.717) is 6.04 Å². The highest BCUT2D eigenvalue weighted by atomic mass is 15.4. The highest BCUT2D eigenvalue weighted by Crippen LogP contribution is 2.18. The first kappa shape index (κ1) is 13.7. The number of aryl methyl sites for hydroxylation is 2. The Bertz CT molecular complexity index is 478. The van der Waals surface area contributed by atoms with Crippen molar-refractivity contribution >= 4 is 0 Å².